The second-order valence-electron chi connectivity index (χ2n) is 8.68. The maximum atomic E-state index is 13.4. The molecule has 0 unspecified atom stereocenters. The number of benzene rings is 2. The molecule has 0 saturated carbocycles. The molecule has 0 radical (unpaired) electrons. The maximum absolute atomic E-state index is 13.4. The first kappa shape index (κ1) is 21.8. The van der Waals surface area contributed by atoms with Gasteiger partial charge in [-0.25, -0.2) is 4.68 Å². The molecule has 4 heterocycles. The molecule has 2 aromatic heterocycles. The van der Waals surface area contributed by atoms with E-state index in [4.69, 9.17) is 14.2 Å². The van der Waals surface area contributed by atoms with Gasteiger partial charge in [0.25, 0.3) is 5.56 Å². The lowest BCUT2D eigenvalue weighted by atomic mass is 10.0. The number of nitrogens with zero attached hydrogens (tertiary/aromatic N) is 5. The van der Waals surface area contributed by atoms with Crippen LogP contribution in [0.25, 0.3) is 10.9 Å². The van der Waals surface area contributed by atoms with E-state index in [9.17, 15) is 4.79 Å². The Morgan fingerprint density at radius 1 is 0.971 bits per heavy atom. The Morgan fingerprint density at radius 3 is 2.54 bits per heavy atom. The molecular weight excluding hydrogens is 448 g/mol. The molecule has 0 bridgehead atoms. The SMILES string of the molecule is O=c1[nH]c2cc3c(cc2cc1[C@@H](c1nnnn1CCc1ccccc1)N1CCOCC1)OCCO3. The van der Waals surface area contributed by atoms with Crippen molar-refractivity contribution in [2.45, 2.75) is 19.0 Å². The normalized spacial score (nSPS) is 16.9. The van der Waals surface area contributed by atoms with Gasteiger partial charge >= 0.3 is 0 Å². The van der Waals surface area contributed by atoms with Gasteiger partial charge in [-0.3, -0.25) is 9.69 Å². The lowest BCUT2D eigenvalue weighted by Gasteiger charge is -2.33. The Hall–Kier alpha value is -3.76. The van der Waals surface area contributed by atoms with Crippen LogP contribution in [0.5, 0.6) is 11.5 Å². The fourth-order valence-corrected chi connectivity index (χ4v) is 4.74. The van der Waals surface area contributed by atoms with E-state index >= 15 is 0 Å². The van der Waals surface area contributed by atoms with E-state index in [0.717, 1.165) is 11.8 Å². The Labute approximate surface area is 201 Å². The monoisotopic (exact) mass is 474 g/mol. The fraction of sp³-hybridized carbons (Fsp3) is 0.360. The molecule has 10 nitrogen and oxygen atoms in total. The molecule has 4 aromatic rings. The smallest absolute Gasteiger partial charge is 0.253 e. The minimum atomic E-state index is -0.411. The van der Waals surface area contributed by atoms with Crippen LogP contribution in [0.4, 0.5) is 0 Å². The molecule has 1 fully saturated rings. The first-order valence-electron chi connectivity index (χ1n) is 11.8. The maximum Gasteiger partial charge on any atom is 0.253 e. The molecule has 1 atom stereocenters. The number of nitrogens with one attached hydrogen (secondary N) is 1. The van der Waals surface area contributed by atoms with Gasteiger partial charge in [0.1, 0.15) is 19.3 Å². The Kier molecular flexibility index (Phi) is 5.89. The van der Waals surface area contributed by atoms with Gasteiger partial charge in [-0.1, -0.05) is 30.3 Å². The molecule has 1 saturated heterocycles. The molecule has 0 aliphatic carbocycles. The van der Waals surface area contributed by atoms with Crippen molar-refractivity contribution in [3.8, 4) is 11.5 Å². The van der Waals surface area contributed by atoms with Crippen molar-refractivity contribution in [1.29, 1.82) is 0 Å². The van der Waals surface area contributed by atoms with Crippen molar-refractivity contribution < 1.29 is 14.2 Å². The molecule has 0 spiro atoms. The number of morpholine rings is 1. The van der Waals surface area contributed by atoms with Gasteiger partial charge in [-0.15, -0.1) is 5.10 Å². The average Bonchev–Trinajstić information content (AvgIpc) is 3.36. The van der Waals surface area contributed by atoms with Crippen molar-refractivity contribution in [1.82, 2.24) is 30.1 Å². The van der Waals surface area contributed by atoms with Crippen molar-refractivity contribution in [2.75, 3.05) is 39.5 Å². The minimum Gasteiger partial charge on any atom is -0.486 e. The standard InChI is InChI=1S/C25H26N6O4/c32-25-19(14-18-15-21-22(16-20(18)26-25)35-13-12-34-21)23(30-8-10-33-11-9-30)24-27-28-29-31(24)7-6-17-4-2-1-3-5-17/h1-5,14-16,23H,6-13H2,(H,26,32)/t23-/m0/s1. The lowest BCUT2D eigenvalue weighted by molar-refractivity contribution is 0.0214. The predicted octanol–water partition coefficient (Wildman–Crippen LogP) is 1.95. The third-order valence-electron chi connectivity index (χ3n) is 6.50. The largest absolute Gasteiger partial charge is 0.486 e. The van der Waals surface area contributed by atoms with Crippen LogP contribution in [0, 0.1) is 0 Å². The van der Waals surface area contributed by atoms with Crippen LogP contribution in [-0.4, -0.2) is 69.6 Å². The minimum absolute atomic E-state index is 0.178. The zero-order valence-electron chi connectivity index (χ0n) is 19.2. The second-order valence-corrected chi connectivity index (χ2v) is 8.68. The Morgan fingerprint density at radius 2 is 1.74 bits per heavy atom. The molecule has 2 aromatic carbocycles. The summed E-state index contributed by atoms with van der Waals surface area (Å²) < 4.78 is 18.8. The number of hydrogen-bond acceptors (Lipinski definition) is 8. The quantitative estimate of drug-likeness (QED) is 0.452. The predicted molar refractivity (Wildman–Crippen MR) is 128 cm³/mol. The number of ether oxygens (including phenoxy) is 3. The summed E-state index contributed by atoms with van der Waals surface area (Å²) in [5.74, 6) is 1.96. The van der Waals surface area contributed by atoms with Gasteiger partial charge in [0.05, 0.1) is 18.7 Å². The zero-order chi connectivity index (χ0) is 23.6. The van der Waals surface area contributed by atoms with Crippen LogP contribution < -0.4 is 15.0 Å². The number of aromatic nitrogens is 5. The van der Waals surface area contributed by atoms with E-state index in [2.05, 4.69) is 37.5 Å². The number of aryl methyl sites for hydroxylation is 2. The number of fused-ring (bicyclic) bond motifs is 2. The summed E-state index contributed by atoms with van der Waals surface area (Å²) in [6.45, 7) is 4.13. The van der Waals surface area contributed by atoms with Gasteiger partial charge in [0, 0.05) is 36.7 Å². The van der Waals surface area contributed by atoms with E-state index in [1.807, 2.05) is 36.4 Å². The van der Waals surface area contributed by atoms with Crippen molar-refractivity contribution in [3.05, 3.63) is 75.8 Å². The number of rotatable bonds is 6. The lowest BCUT2D eigenvalue weighted by Crippen LogP contribution is -2.42. The van der Waals surface area contributed by atoms with Crippen LogP contribution in [0.3, 0.4) is 0 Å². The summed E-state index contributed by atoms with van der Waals surface area (Å²) in [6.07, 6.45) is 0.784. The molecule has 2 aliphatic heterocycles. The second kappa shape index (κ2) is 9.47. The van der Waals surface area contributed by atoms with Gasteiger partial charge in [-0.2, -0.15) is 0 Å². The third-order valence-corrected chi connectivity index (χ3v) is 6.50. The molecule has 180 valence electrons. The van der Waals surface area contributed by atoms with Gasteiger partial charge < -0.3 is 19.2 Å². The number of pyridine rings is 1. The van der Waals surface area contributed by atoms with Crippen LogP contribution >= 0.6 is 0 Å². The van der Waals surface area contributed by atoms with E-state index in [-0.39, 0.29) is 5.56 Å². The van der Waals surface area contributed by atoms with Gasteiger partial charge in [0.15, 0.2) is 17.3 Å². The molecule has 0 amide bonds. The third kappa shape index (κ3) is 4.38. The number of tetrazole rings is 1. The Bertz CT molecular complexity index is 1380. The number of aromatic amines is 1. The highest BCUT2D eigenvalue weighted by Gasteiger charge is 2.31. The molecule has 10 heteroatoms. The summed E-state index contributed by atoms with van der Waals surface area (Å²) >= 11 is 0. The summed E-state index contributed by atoms with van der Waals surface area (Å²) in [7, 11) is 0. The van der Waals surface area contributed by atoms with Crippen LogP contribution in [-0.2, 0) is 17.7 Å². The number of H-pyrrole nitrogens is 1. The van der Waals surface area contributed by atoms with Crippen LogP contribution in [0.1, 0.15) is 23.0 Å². The zero-order valence-corrected chi connectivity index (χ0v) is 19.2. The van der Waals surface area contributed by atoms with Crippen LogP contribution in [0.15, 0.2) is 53.3 Å². The summed E-state index contributed by atoms with van der Waals surface area (Å²) in [5, 5.41) is 13.5. The van der Waals surface area contributed by atoms with Crippen molar-refractivity contribution in [3.63, 3.8) is 0 Å². The van der Waals surface area contributed by atoms with Gasteiger partial charge in [0.2, 0.25) is 0 Å². The first-order chi connectivity index (χ1) is 17.3. The molecular formula is C25H26N6O4. The molecule has 1 N–H and O–H groups in total. The fourth-order valence-electron chi connectivity index (χ4n) is 4.74. The Balaban J connectivity index is 1.41. The van der Waals surface area contributed by atoms with E-state index in [0.29, 0.717) is 74.5 Å². The van der Waals surface area contributed by atoms with E-state index in [1.165, 1.54) is 5.56 Å². The summed E-state index contributed by atoms with van der Waals surface area (Å²) in [6, 6.07) is 15.5. The van der Waals surface area contributed by atoms with Crippen molar-refractivity contribution >= 4 is 10.9 Å². The highest BCUT2D eigenvalue weighted by atomic mass is 16.6. The highest BCUT2D eigenvalue weighted by Crippen LogP contribution is 2.35. The van der Waals surface area contributed by atoms with Crippen LogP contribution in [0.2, 0.25) is 0 Å². The summed E-state index contributed by atoms with van der Waals surface area (Å²) in [4.78, 5) is 18.7. The molecule has 35 heavy (non-hydrogen) atoms. The molecule has 2 aliphatic rings. The van der Waals surface area contributed by atoms with Crippen molar-refractivity contribution in [2.24, 2.45) is 0 Å². The summed E-state index contributed by atoms with van der Waals surface area (Å²) in [5.41, 5.74) is 2.31. The first-order valence-corrected chi connectivity index (χ1v) is 11.8. The highest BCUT2D eigenvalue weighted by molar-refractivity contribution is 5.83. The molecule has 6 rings (SSSR count). The number of hydrogen-bond donors (Lipinski definition) is 1. The van der Waals surface area contributed by atoms with Gasteiger partial charge in [-0.05, 0) is 34.5 Å². The van der Waals surface area contributed by atoms with E-state index in [1.54, 1.807) is 4.68 Å². The average molecular weight is 475 g/mol. The van der Waals surface area contributed by atoms with E-state index < -0.39 is 6.04 Å². The topological polar surface area (TPSA) is 107 Å².